The average Bonchev–Trinajstić information content (AvgIpc) is 2.94. The molecule has 0 fully saturated rings. The fraction of sp³-hybridized carbons (Fsp3) is 0.667. The standard InChI is InChI=1S/C36H61N3O5S/c1-11-29(9)33(36(43)44)39-35(42)32(25(4)5)38-34(41)31(37-30(10)40)23-45-22-21-28(8)20-14-19-27(7)18-13-17-26(6)16-12-15-24(2)3/h15,17,19,21,25,29,31-33H,11-14,16,18,20,22-23H2,1-10H3,(H,37,40)(H,38,41)(H,39,42)(H,43,44)/b26-17+,27-19+,28-21+/t29-,31+,32-,33-/m0/s1. The summed E-state index contributed by atoms with van der Waals surface area (Å²) in [4.78, 5) is 49.7. The first-order valence-electron chi connectivity index (χ1n) is 16.4. The maximum absolute atomic E-state index is 13.2. The van der Waals surface area contributed by atoms with Gasteiger partial charge in [0, 0.05) is 18.4 Å². The molecular weight excluding hydrogens is 586 g/mol. The predicted octanol–water partition coefficient (Wildman–Crippen LogP) is 7.13. The van der Waals surface area contributed by atoms with Crippen LogP contribution in [0.25, 0.3) is 0 Å². The van der Waals surface area contributed by atoms with Crippen LogP contribution in [0.15, 0.2) is 46.6 Å². The molecule has 4 atom stereocenters. The van der Waals surface area contributed by atoms with Gasteiger partial charge in [-0.2, -0.15) is 11.8 Å². The van der Waals surface area contributed by atoms with Crippen molar-refractivity contribution >= 4 is 35.5 Å². The number of carboxylic acids is 1. The van der Waals surface area contributed by atoms with E-state index in [0.29, 0.717) is 17.9 Å². The number of carbonyl (C=O) groups is 4. The highest BCUT2D eigenvalue weighted by Crippen LogP contribution is 2.15. The molecule has 4 N–H and O–H groups in total. The molecule has 0 rings (SSSR count). The fourth-order valence-electron chi connectivity index (χ4n) is 4.52. The lowest BCUT2D eigenvalue weighted by molar-refractivity contribution is -0.144. The monoisotopic (exact) mass is 647 g/mol. The molecule has 0 heterocycles. The lowest BCUT2D eigenvalue weighted by Gasteiger charge is -2.27. The Morgan fingerprint density at radius 2 is 1.18 bits per heavy atom. The smallest absolute Gasteiger partial charge is 0.326 e. The summed E-state index contributed by atoms with van der Waals surface area (Å²) in [6, 6.07) is -2.81. The van der Waals surface area contributed by atoms with Crippen molar-refractivity contribution in [1.29, 1.82) is 0 Å². The second-order valence-electron chi connectivity index (χ2n) is 12.8. The normalized spacial score (nSPS) is 15.1. The maximum atomic E-state index is 13.2. The molecule has 0 aliphatic carbocycles. The Kier molecular flexibility index (Phi) is 22.0. The molecule has 0 radical (unpaired) electrons. The van der Waals surface area contributed by atoms with Crippen LogP contribution < -0.4 is 16.0 Å². The first kappa shape index (κ1) is 42.2. The second-order valence-corrected chi connectivity index (χ2v) is 13.9. The number of amides is 3. The van der Waals surface area contributed by atoms with E-state index in [4.69, 9.17) is 0 Å². The fourth-order valence-corrected chi connectivity index (χ4v) is 5.53. The topological polar surface area (TPSA) is 125 Å². The highest BCUT2D eigenvalue weighted by atomic mass is 32.2. The molecule has 0 spiro atoms. The van der Waals surface area contributed by atoms with Crippen LogP contribution in [0, 0.1) is 11.8 Å². The van der Waals surface area contributed by atoms with Gasteiger partial charge in [0.05, 0.1) is 0 Å². The van der Waals surface area contributed by atoms with Crippen LogP contribution in [-0.4, -0.2) is 58.4 Å². The van der Waals surface area contributed by atoms with E-state index in [2.05, 4.69) is 74.9 Å². The predicted molar refractivity (Wildman–Crippen MR) is 189 cm³/mol. The number of thioether (sulfide) groups is 1. The summed E-state index contributed by atoms with van der Waals surface area (Å²) in [6.07, 6.45) is 16.0. The summed E-state index contributed by atoms with van der Waals surface area (Å²) < 4.78 is 0. The minimum Gasteiger partial charge on any atom is -0.480 e. The van der Waals surface area contributed by atoms with E-state index >= 15 is 0 Å². The van der Waals surface area contributed by atoms with Gasteiger partial charge >= 0.3 is 5.97 Å². The number of rotatable bonds is 22. The number of carbonyl (C=O) groups excluding carboxylic acids is 3. The molecule has 9 heteroatoms. The van der Waals surface area contributed by atoms with Crippen LogP contribution in [0.1, 0.15) is 114 Å². The average molecular weight is 648 g/mol. The Morgan fingerprint density at radius 3 is 1.62 bits per heavy atom. The highest BCUT2D eigenvalue weighted by molar-refractivity contribution is 7.99. The molecule has 0 aromatic heterocycles. The Balaban J connectivity index is 4.94. The van der Waals surface area contributed by atoms with Gasteiger partial charge < -0.3 is 21.1 Å². The van der Waals surface area contributed by atoms with Crippen molar-refractivity contribution in [3.63, 3.8) is 0 Å². The molecule has 45 heavy (non-hydrogen) atoms. The van der Waals surface area contributed by atoms with Crippen LogP contribution in [0.5, 0.6) is 0 Å². The summed E-state index contributed by atoms with van der Waals surface area (Å²) in [5.41, 5.74) is 5.50. The number of allylic oxidation sites excluding steroid dienone is 7. The third-order valence-corrected chi connectivity index (χ3v) is 8.68. The first-order valence-corrected chi connectivity index (χ1v) is 17.5. The van der Waals surface area contributed by atoms with Crippen molar-refractivity contribution in [2.75, 3.05) is 11.5 Å². The van der Waals surface area contributed by atoms with Crippen molar-refractivity contribution in [1.82, 2.24) is 16.0 Å². The largest absolute Gasteiger partial charge is 0.480 e. The van der Waals surface area contributed by atoms with E-state index in [0.717, 1.165) is 38.5 Å². The lowest BCUT2D eigenvalue weighted by atomic mass is 9.97. The zero-order valence-corrected chi connectivity index (χ0v) is 30.4. The van der Waals surface area contributed by atoms with Crippen LogP contribution in [0.4, 0.5) is 0 Å². The van der Waals surface area contributed by atoms with Crippen molar-refractivity contribution in [2.24, 2.45) is 11.8 Å². The van der Waals surface area contributed by atoms with Gasteiger partial charge in [-0.15, -0.1) is 0 Å². The summed E-state index contributed by atoms with van der Waals surface area (Å²) in [6.45, 7) is 19.3. The molecule has 0 unspecified atom stereocenters. The van der Waals surface area contributed by atoms with Gasteiger partial charge in [0.15, 0.2) is 0 Å². The molecule has 3 amide bonds. The molecule has 8 nitrogen and oxygen atoms in total. The zero-order valence-electron chi connectivity index (χ0n) is 29.5. The van der Waals surface area contributed by atoms with Gasteiger partial charge in [-0.25, -0.2) is 4.79 Å². The summed E-state index contributed by atoms with van der Waals surface area (Å²) in [7, 11) is 0. The third kappa shape index (κ3) is 20.0. The zero-order chi connectivity index (χ0) is 34.5. The van der Waals surface area contributed by atoms with Crippen molar-refractivity contribution in [3.8, 4) is 0 Å². The van der Waals surface area contributed by atoms with Gasteiger partial charge in [0.1, 0.15) is 18.1 Å². The van der Waals surface area contributed by atoms with Crippen LogP contribution >= 0.6 is 11.8 Å². The molecule has 0 bridgehead atoms. The summed E-state index contributed by atoms with van der Waals surface area (Å²) in [5, 5.41) is 17.6. The number of nitrogens with one attached hydrogen (secondary N) is 3. The third-order valence-electron chi connectivity index (χ3n) is 7.71. The number of aliphatic carboxylic acids is 1. The van der Waals surface area contributed by atoms with Gasteiger partial charge in [-0.3, -0.25) is 14.4 Å². The summed E-state index contributed by atoms with van der Waals surface area (Å²) >= 11 is 1.53. The highest BCUT2D eigenvalue weighted by Gasteiger charge is 2.32. The van der Waals surface area contributed by atoms with Crippen molar-refractivity contribution in [2.45, 2.75) is 132 Å². The number of hydrogen-bond acceptors (Lipinski definition) is 5. The molecule has 256 valence electrons. The van der Waals surface area contributed by atoms with Gasteiger partial charge in [0.2, 0.25) is 17.7 Å². The molecule has 0 saturated carbocycles. The Labute approximate surface area is 277 Å². The maximum Gasteiger partial charge on any atom is 0.326 e. The quantitative estimate of drug-likeness (QED) is 0.0732. The number of carboxylic acid groups (broad SMARTS) is 1. The van der Waals surface area contributed by atoms with E-state index in [-0.39, 0.29) is 17.7 Å². The molecular formula is C36H61N3O5S. The van der Waals surface area contributed by atoms with Crippen molar-refractivity contribution in [3.05, 3.63) is 46.6 Å². The second kappa shape index (κ2) is 23.5. The SMILES string of the molecule is CC[C@H](C)[C@H](NC(=O)[C@@H](NC(=O)[C@@H](CSC/C=C(\C)CC/C=C(\C)CC/C=C(\C)CCC=C(C)C)NC(C)=O)C(C)C)C(=O)O. The van der Waals surface area contributed by atoms with Gasteiger partial charge in [-0.1, -0.05) is 80.7 Å². The van der Waals surface area contributed by atoms with Crippen LogP contribution in [-0.2, 0) is 19.2 Å². The molecule has 0 saturated heterocycles. The number of hydrogen-bond donors (Lipinski definition) is 4. The van der Waals surface area contributed by atoms with E-state index in [1.807, 2.05) is 6.92 Å². The Morgan fingerprint density at radius 1 is 0.689 bits per heavy atom. The first-order chi connectivity index (χ1) is 21.1. The van der Waals surface area contributed by atoms with Gasteiger partial charge in [0.25, 0.3) is 0 Å². The minimum absolute atomic E-state index is 0.269. The van der Waals surface area contributed by atoms with E-state index < -0.39 is 35.9 Å². The summed E-state index contributed by atoms with van der Waals surface area (Å²) in [5.74, 6) is -2.00. The molecule has 0 aliphatic rings. The Hall–Kier alpha value is -2.81. The lowest BCUT2D eigenvalue weighted by Crippen LogP contribution is -2.58. The van der Waals surface area contributed by atoms with E-state index in [1.165, 1.54) is 41.0 Å². The van der Waals surface area contributed by atoms with E-state index in [9.17, 15) is 24.3 Å². The van der Waals surface area contributed by atoms with Crippen LogP contribution in [0.3, 0.4) is 0 Å². The van der Waals surface area contributed by atoms with Crippen molar-refractivity contribution < 1.29 is 24.3 Å². The minimum atomic E-state index is -1.11. The van der Waals surface area contributed by atoms with E-state index in [1.54, 1.807) is 20.8 Å². The Bertz CT molecular complexity index is 1070. The molecule has 0 aromatic carbocycles. The molecule has 0 aliphatic heterocycles. The van der Waals surface area contributed by atoms with Crippen LogP contribution in [0.2, 0.25) is 0 Å². The van der Waals surface area contributed by atoms with Gasteiger partial charge in [-0.05, 0) is 85.0 Å². The molecule has 0 aromatic rings.